The molecule has 0 aliphatic rings. The van der Waals surface area contributed by atoms with E-state index in [-0.39, 0.29) is 18.1 Å². The quantitative estimate of drug-likeness (QED) is 0.359. The van der Waals surface area contributed by atoms with Crippen molar-refractivity contribution in [2.75, 3.05) is 17.2 Å². The Labute approximate surface area is 197 Å². The predicted molar refractivity (Wildman–Crippen MR) is 130 cm³/mol. The van der Waals surface area contributed by atoms with Gasteiger partial charge in [-0.15, -0.1) is 0 Å². The zero-order valence-corrected chi connectivity index (χ0v) is 18.9. The summed E-state index contributed by atoms with van der Waals surface area (Å²) in [5.41, 5.74) is 3.73. The standard InChI is InChI=1S/C26H22ClN3O3/c1-17-9-10-18(2)24(11-17)30-25(31)16-33-23-8-3-5-19(13-23)12-20(15-28)26(32)29-22-7-4-6-21(27)14-22/h3-14H,16H2,1-2H3,(H,29,32)(H,30,31)/b20-12-. The summed E-state index contributed by atoms with van der Waals surface area (Å²) in [6, 6.07) is 21.2. The van der Waals surface area contributed by atoms with Gasteiger partial charge in [0.2, 0.25) is 0 Å². The molecule has 3 aromatic carbocycles. The lowest BCUT2D eigenvalue weighted by atomic mass is 10.1. The zero-order valence-electron chi connectivity index (χ0n) is 18.2. The molecule has 0 saturated carbocycles. The van der Waals surface area contributed by atoms with Gasteiger partial charge in [-0.05, 0) is 73.0 Å². The summed E-state index contributed by atoms with van der Waals surface area (Å²) in [7, 11) is 0. The van der Waals surface area contributed by atoms with Crippen molar-refractivity contribution in [3.05, 3.63) is 94.0 Å². The van der Waals surface area contributed by atoms with Crippen LogP contribution in [0.2, 0.25) is 5.02 Å². The van der Waals surface area contributed by atoms with Gasteiger partial charge in [0.25, 0.3) is 11.8 Å². The number of anilines is 2. The van der Waals surface area contributed by atoms with Crippen molar-refractivity contribution < 1.29 is 14.3 Å². The number of rotatable bonds is 7. The van der Waals surface area contributed by atoms with E-state index in [1.54, 1.807) is 48.5 Å². The Balaban J connectivity index is 1.64. The normalized spacial score (nSPS) is 10.8. The number of halogens is 1. The van der Waals surface area contributed by atoms with Gasteiger partial charge in [-0.25, -0.2) is 0 Å². The Hall–Kier alpha value is -4.08. The van der Waals surface area contributed by atoms with Gasteiger partial charge in [0, 0.05) is 16.4 Å². The molecule has 0 aliphatic heterocycles. The second-order valence-corrected chi connectivity index (χ2v) is 7.80. The van der Waals surface area contributed by atoms with Crippen molar-refractivity contribution in [2.45, 2.75) is 13.8 Å². The number of nitrogens with zero attached hydrogens (tertiary/aromatic N) is 1. The Morgan fingerprint density at radius 1 is 1.03 bits per heavy atom. The zero-order chi connectivity index (χ0) is 23.8. The van der Waals surface area contributed by atoms with Crippen molar-refractivity contribution in [3.63, 3.8) is 0 Å². The van der Waals surface area contributed by atoms with Crippen LogP contribution >= 0.6 is 11.6 Å². The number of nitriles is 1. The van der Waals surface area contributed by atoms with E-state index in [0.29, 0.717) is 22.0 Å². The van der Waals surface area contributed by atoms with E-state index in [0.717, 1.165) is 16.8 Å². The minimum absolute atomic E-state index is 0.0835. The summed E-state index contributed by atoms with van der Waals surface area (Å²) in [6.45, 7) is 3.69. The molecule has 0 unspecified atom stereocenters. The van der Waals surface area contributed by atoms with Crippen LogP contribution in [0.15, 0.2) is 72.3 Å². The van der Waals surface area contributed by atoms with Crippen molar-refractivity contribution in [1.82, 2.24) is 0 Å². The highest BCUT2D eigenvalue weighted by molar-refractivity contribution is 6.31. The van der Waals surface area contributed by atoms with Crippen LogP contribution < -0.4 is 15.4 Å². The van der Waals surface area contributed by atoms with Crippen LogP contribution in [0.4, 0.5) is 11.4 Å². The van der Waals surface area contributed by atoms with Crippen LogP contribution in [-0.4, -0.2) is 18.4 Å². The maximum absolute atomic E-state index is 12.5. The molecular weight excluding hydrogens is 438 g/mol. The average molecular weight is 460 g/mol. The summed E-state index contributed by atoms with van der Waals surface area (Å²) < 4.78 is 5.60. The lowest BCUT2D eigenvalue weighted by Crippen LogP contribution is -2.20. The van der Waals surface area contributed by atoms with Crippen LogP contribution in [0.3, 0.4) is 0 Å². The fraction of sp³-hybridized carbons (Fsp3) is 0.115. The van der Waals surface area contributed by atoms with Gasteiger partial charge in [-0.3, -0.25) is 9.59 Å². The number of benzene rings is 3. The number of amides is 2. The molecule has 3 rings (SSSR count). The Morgan fingerprint density at radius 2 is 1.82 bits per heavy atom. The molecule has 166 valence electrons. The molecule has 3 aromatic rings. The molecular formula is C26H22ClN3O3. The summed E-state index contributed by atoms with van der Waals surface area (Å²) in [5, 5.41) is 15.4. The first-order valence-electron chi connectivity index (χ1n) is 10.1. The average Bonchev–Trinajstić information content (AvgIpc) is 2.79. The molecule has 0 fully saturated rings. The van der Waals surface area contributed by atoms with E-state index >= 15 is 0 Å². The number of hydrogen-bond donors (Lipinski definition) is 2. The minimum Gasteiger partial charge on any atom is -0.484 e. The van der Waals surface area contributed by atoms with Crippen molar-refractivity contribution in [2.24, 2.45) is 0 Å². The number of ether oxygens (including phenoxy) is 1. The first-order valence-corrected chi connectivity index (χ1v) is 10.5. The third kappa shape index (κ3) is 6.96. The predicted octanol–water partition coefficient (Wildman–Crippen LogP) is 5.52. The molecule has 0 aliphatic carbocycles. The molecule has 2 N–H and O–H groups in total. The second-order valence-electron chi connectivity index (χ2n) is 7.36. The molecule has 33 heavy (non-hydrogen) atoms. The summed E-state index contributed by atoms with van der Waals surface area (Å²) in [5.74, 6) is -0.408. The molecule has 6 nitrogen and oxygen atoms in total. The molecule has 0 radical (unpaired) electrons. The third-order valence-electron chi connectivity index (χ3n) is 4.65. The molecule has 0 heterocycles. The highest BCUT2D eigenvalue weighted by Crippen LogP contribution is 2.19. The van der Waals surface area contributed by atoms with E-state index in [4.69, 9.17) is 16.3 Å². The molecule has 0 aromatic heterocycles. The van der Waals surface area contributed by atoms with E-state index in [2.05, 4.69) is 10.6 Å². The van der Waals surface area contributed by atoms with Crippen LogP contribution in [-0.2, 0) is 9.59 Å². The monoisotopic (exact) mass is 459 g/mol. The summed E-state index contributed by atoms with van der Waals surface area (Å²) in [4.78, 5) is 24.7. The largest absolute Gasteiger partial charge is 0.484 e. The Kier molecular flexibility index (Phi) is 7.85. The van der Waals surface area contributed by atoms with Gasteiger partial charge in [0.05, 0.1) is 0 Å². The first-order chi connectivity index (χ1) is 15.8. The van der Waals surface area contributed by atoms with Gasteiger partial charge in [-0.2, -0.15) is 5.26 Å². The van der Waals surface area contributed by atoms with Gasteiger partial charge in [-0.1, -0.05) is 41.9 Å². The van der Waals surface area contributed by atoms with E-state index in [1.165, 1.54) is 6.08 Å². The number of hydrogen-bond acceptors (Lipinski definition) is 4. The highest BCUT2D eigenvalue weighted by Gasteiger charge is 2.11. The van der Waals surface area contributed by atoms with Crippen molar-refractivity contribution in [1.29, 1.82) is 5.26 Å². The van der Waals surface area contributed by atoms with Crippen LogP contribution in [0.1, 0.15) is 16.7 Å². The molecule has 2 amide bonds. The van der Waals surface area contributed by atoms with Gasteiger partial charge in [0.1, 0.15) is 17.4 Å². The van der Waals surface area contributed by atoms with Crippen LogP contribution in [0.5, 0.6) is 5.75 Å². The summed E-state index contributed by atoms with van der Waals surface area (Å²) >= 11 is 5.93. The van der Waals surface area contributed by atoms with Crippen LogP contribution in [0, 0.1) is 25.2 Å². The SMILES string of the molecule is Cc1ccc(C)c(NC(=O)COc2cccc(/C=C(/C#N)C(=O)Nc3cccc(Cl)c3)c2)c1. The third-order valence-corrected chi connectivity index (χ3v) is 4.89. The number of nitrogens with one attached hydrogen (secondary N) is 2. The fourth-order valence-electron chi connectivity index (χ4n) is 2.98. The number of carbonyl (C=O) groups excluding carboxylic acids is 2. The second kappa shape index (κ2) is 11.0. The number of carbonyl (C=O) groups is 2. The first kappa shape index (κ1) is 23.6. The smallest absolute Gasteiger partial charge is 0.266 e. The highest BCUT2D eigenvalue weighted by atomic mass is 35.5. The van der Waals surface area contributed by atoms with Gasteiger partial charge in [0.15, 0.2) is 6.61 Å². The maximum Gasteiger partial charge on any atom is 0.266 e. The Morgan fingerprint density at radius 3 is 2.58 bits per heavy atom. The molecule has 0 saturated heterocycles. The van der Waals surface area contributed by atoms with E-state index < -0.39 is 5.91 Å². The van der Waals surface area contributed by atoms with Gasteiger partial charge < -0.3 is 15.4 Å². The lowest BCUT2D eigenvalue weighted by Gasteiger charge is -2.11. The maximum atomic E-state index is 12.5. The van der Waals surface area contributed by atoms with E-state index in [1.807, 2.05) is 38.1 Å². The van der Waals surface area contributed by atoms with Crippen LogP contribution in [0.25, 0.3) is 6.08 Å². The molecule has 0 atom stereocenters. The minimum atomic E-state index is -0.556. The molecule has 0 spiro atoms. The molecule has 0 bridgehead atoms. The number of aryl methyl sites for hydroxylation is 2. The lowest BCUT2D eigenvalue weighted by molar-refractivity contribution is -0.118. The summed E-state index contributed by atoms with van der Waals surface area (Å²) in [6.07, 6.45) is 1.45. The van der Waals surface area contributed by atoms with Crippen molar-refractivity contribution in [3.8, 4) is 11.8 Å². The van der Waals surface area contributed by atoms with Crippen molar-refractivity contribution >= 4 is 40.9 Å². The Bertz CT molecular complexity index is 1260. The van der Waals surface area contributed by atoms with Gasteiger partial charge >= 0.3 is 0 Å². The fourth-order valence-corrected chi connectivity index (χ4v) is 3.17. The topological polar surface area (TPSA) is 91.2 Å². The molecule has 7 heteroatoms. The van der Waals surface area contributed by atoms with E-state index in [9.17, 15) is 14.9 Å².